The van der Waals surface area contributed by atoms with Crippen molar-refractivity contribution in [3.63, 3.8) is 0 Å². The van der Waals surface area contributed by atoms with Crippen LogP contribution in [0.4, 0.5) is 34.1 Å². The van der Waals surface area contributed by atoms with Gasteiger partial charge in [-0.3, -0.25) is 0 Å². The van der Waals surface area contributed by atoms with E-state index in [0.717, 1.165) is 16.8 Å². The summed E-state index contributed by atoms with van der Waals surface area (Å²) >= 11 is 0. The molecular formula is C29H23CuN5O9S2. The Morgan fingerprint density at radius 3 is 1.76 bits per heavy atom. The molecule has 0 atom stereocenters. The van der Waals surface area contributed by atoms with Gasteiger partial charge in [0.25, 0.3) is 0 Å². The molecule has 241 valence electrons. The largest absolute Gasteiger partial charge is 0.506 e. The molecule has 1 radical (unpaired) electrons. The number of nitrogens with one attached hydrogen (secondary N) is 1. The number of anilines is 2. The average molecular weight is 713 g/mol. The molecule has 14 nitrogen and oxygen atoms in total. The van der Waals surface area contributed by atoms with Crippen molar-refractivity contribution in [2.24, 2.45) is 20.5 Å². The second-order valence-electron chi connectivity index (χ2n) is 8.63. The smallest absolute Gasteiger partial charge is 0.425 e. The fourth-order valence-corrected chi connectivity index (χ4v) is 3.77. The number of hydrogen-bond acceptors (Lipinski definition) is 14. The number of nitrogens with zero attached hydrogens (tertiary/aromatic N) is 4. The molecule has 0 aliphatic rings. The third-order valence-electron chi connectivity index (χ3n) is 5.67. The first kappa shape index (κ1) is 36.9. The Bertz CT molecular complexity index is 2030. The van der Waals surface area contributed by atoms with Gasteiger partial charge in [-0.2, -0.15) is 10.2 Å². The van der Waals surface area contributed by atoms with E-state index in [4.69, 9.17) is 25.3 Å². The number of benzene rings is 5. The summed E-state index contributed by atoms with van der Waals surface area (Å²) < 4.78 is 50.7. The third-order valence-corrected chi connectivity index (χ3v) is 5.67. The van der Waals surface area contributed by atoms with Crippen LogP contribution < -0.4 is 5.32 Å². The van der Waals surface area contributed by atoms with Gasteiger partial charge in [-0.1, -0.05) is 42.5 Å². The summed E-state index contributed by atoms with van der Waals surface area (Å²) in [4.78, 5) is 0. The minimum Gasteiger partial charge on any atom is -0.506 e. The van der Waals surface area contributed by atoms with Crippen LogP contribution in [0.1, 0.15) is 5.56 Å². The first-order chi connectivity index (χ1) is 21.6. The summed E-state index contributed by atoms with van der Waals surface area (Å²) in [5, 5.41) is 52.4. The predicted octanol–water partition coefficient (Wildman–Crippen LogP) is 6.31. The third kappa shape index (κ3) is 11.6. The Hall–Kier alpha value is -5.32. The molecule has 0 saturated carbocycles. The Labute approximate surface area is 275 Å². The van der Waals surface area contributed by atoms with Crippen LogP contribution in [0, 0.1) is 0 Å². The molecule has 0 aliphatic carbocycles. The van der Waals surface area contributed by atoms with E-state index in [0.29, 0.717) is 22.3 Å². The molecule has 0 spiro atoms. The summed E-state index contributed by atoms with van der Waals surface area (Å²) in [5.74, 6) is -0.206. The summed E-state index contributed by atoms with van der Waals surface area (Å²) in [5.41, 5.74) is 3.61. The first-order valence-electron chi connectivity index (χ1n) is 12.5. The first-order valence-corrected chi connectivity index (χ1v) is 14.5. The molecule has 0 aliphatic heterocycles. The van der Waals surface area contributed by atoms with Crippen LogP contribution in [-0.4, -0.2) is 40.6 Å². The molecule has 0 aromatic heterocycles. The fraction of sp³-hybridized carbons (Fsp3) is 0.0345. The molecule has 5 aromatic carbocycles. The SMILES string of the molecule is O=S(=O)=O.O=S(=O)=O.OCc1cc(N=Nc2ccc3cc(Nc4ccccc4)ccc3c2O)c(O)cc1N=Nc1ccccc1.[Cu]. The van der Waals surface area contributed by atoms with Gasteiger partial charge < -0.3 is 20.6 Å². The van der Waals surface area contributed by atoms with Gasteiger partial charge in [-0.25, -0.2) is 0 Å². The second-order valence-corrected chi connectivity index (χ2v) is 9.45. The Morgan fingerprint density at radius 2 is 1.15 bits per heavy atom. The van der Waals surface area contributed by atoms with E-state index in [2.05, 4.69) is 25.8 Å². The topological polar surface area (TPSA) is 225 Å². The number of azo groups is 2. The Morgan fingerprint density at radius 1 is 0.587 bits per heavy atom. The second kappa shape index (κ2) is 18.5. The Balaban J connectivity index is 0.000000736. The van der Waals surface area contributed by atoms with Crippen molar-refractivity contribution in [3.05, 3.63) is 109 Å². The van der Waals surface area contributed by atoms with Crippen LogP contribution in [-0.2, 0) is 44.9 Å². The van der Waals surface area contributed by atoms with E-state index in [1.807, 2.05) is 72.8 Å². The molecule has 0 bridgehead atoms. The molecule has 0 unspecified atom stereocenters. The zero-order valence-electron chi connectivity index (χ0n) is 23.2. The number of hydrogen-bond donors (Lipinski definition) is 4. The van der Waals surface area contributed by atoms with Crippen molar-refractivity contribution in [2.75, 3.05) is 5.32 Å². The molecule has 5 aromatic rings. The summed E-state index contributed by atoms with van der Waals surface area (Å²) in [7, 11) is -6.22. The van der Waals surface area contributed by atoms with E-state index >= 15 is 0 Å². The van der Waals surface area contributed by atoms with Crippen LogP contribution in [0.3, 0.4) is 0 Å². The number of para-hydroxylation sites is 1. The van der Waals surface area contributed by atoms with E-state index < -0.39 is 21.2 Å². The van der Waals surface area contributed by atoms with Crippen molar-refractivity contribution in [3.8, 4) is 11.5 Å². The van der Waals surface area contributed by atoms with Crippen molar-refractivity contribution >= 4 is 66.1 Å². The van der Waals surface area contributed by atoms with Gasteiger partial charge in [0.1, 0.15) is 17.1 Å². The summed E-state index contributed by atoms with van der Waals surface area (Å²) in [6.45, 7) is -0.327. The van der Waals surface area contributed by atoms with Crippen LogP contribution in [0.2, 0.25) is 0 Å². The van der Waals surface area contributed by atoms with Gasteiger partial charge in [0, 0.05) is 45.5 Å². The van der Waals surface area contributed by atoms with E-state index in [1.165, 1.54) is 12.1 Å². The molecule has 17 heteroatoms. The number of rotatable bonds is 7. The maximum absolute atomic E-state index is 10.8. The zero-order chi connectivity index (χ0) is 32.8. The standard InChI is InChI=1S/C29H23N5O3.Cu.2O3S/c35-18-20-16-27(28(36)17-26(20)33-31-22-9-5-2-6-10-22)34-32-25-14-11-19-15-23(12-13-24(19)29(25)37)30-21-7-3-1-4-8-21;;2*1-4(2)3/h1-17,30,35-37H,18H2;;;. The molecule has 0 heterocycles. The van der Waals surface area contributed by atoms with E-state index in [-0.39, 0.29) is 46.5 Å². The van der Waals surface area contributed by atoms with Gasteiger partial charge in [-0.05, 0) is 60.0 Å². The molecule has 0 amide bonds. The van der Waals surface area contributed by atoms with Crippen LogP contribution in [0.25, 0.3) is 10.8 Å². The number of aliphatic hydroxyl groups is 1. The van der Waals surface area contributed by atoms with Gasteiger partial charge >= 0.3 is 21.2 Å². The molecule has 5 rings (SSSR count). The minimum atomic E-state index is -3.11. The molecule has 0 saturated heterocycles. The van der Waals surface area contributed by atoms with Crippen molar-refractivity contribution in [1.82, 2.24) is 0 Å². The minimum absolute atomic E-state index is 0. The van der Waals surface area contributed by atoms with Crippen LogP contribution in [0.15, 0.2) is 124 Å². The number of aromatic hydroxyl groups is 2. The zero-order valence-corrected chi connectivity index (χ0v) is 25.8. The average Bonchev–Trinajstić information content (AvgIpc) is 3.01. The number of fused-ring (bicyclic) bond motifs is 1. The summed E-state index contributed by atoms with van der Waals surface area (Å²) in [6.07, 6.45) is 0. The monoisotopic (exact) mass is 712 g/mol. The molecule has 46 heavy (non-hydrogen) atoms. The van der Waals surface area contributed by atoms with Crippen molar-refractivity contribution in [1.29, 1.82) is 0 Å². The van der Waals surface area contributed by atoms with Gasteiger partial charge in [0.2, 0.25) is 0 Å². The normalized spacial score (nSPS) is 10.3. The number of phenols is 2. The van der Waals surface area contributed by atoms with Gasteiger partial charge in [-0.15, -0.1) is 35.5 Å². The van der Waals surface area contributed by atoms with E-state index in [1.54, 1.807) is 18.2 Å². The Kier molecular flexibility index (Phi) is 14.8. The van der Waals surface area contributed by atoms with Crippen LogP contribution in [0.5, 0.6) is 11.5 Å². The fourth-order valence-electron chi connectivity index (χ4n) is 3.77. The molecular weight excluding hydrogens is 690 g/mol. The molecule has 4 N–H and O–H groups in total. The van der Waals surface area contributed by atoms with Gasteiger partial charge in [0.05, 0.1) is 18.0 Å². The maximum atomic E-state index is 10.8. The number of aliphatic hydroxyl groups excluding tert-OH is 1. The van der Waals surface area contributed by atoms with Crippen LogP contribution >= 0.6 is 0 Å². The summed E-state index contributed by atoms with van der Waals surface area (Å²) in [6, 6.07) is 30.9. The van der Waals surface area contributed by atoms with Gasteiger partial charge in [0.15, 0.2) is 5.75 Å². The van der Waals surface area contributed by atoms with E-state index in [9.17, 15) is 15.3 Å². The maximum Gasteiger partial charge on any atom is 0.425 e. The van der Waals surface area contributed by atoms with Crippen molar-refractivity contribution < 1.29 is 57.6 Å². The predicted molar refractivity (Wildman–Crippen MR) is 164 cm³/mol. The quantitative estimate of drug-likeness (QED) is 0.109. The van der Waals surface area contributed by atoms with Crippen molar-refractivity contribution in [2.45, 2.75) is 6.61 Å². The number of phenolic OH excluding ortho intramolecular Hbond substituents is 2. The molecule has 0 fully saturated rings.